The number of amides is 1. The van der Waals surface area contributed by atoms with E-state index in [0.717, 1.165) is 18.0 Å². The maximum atomic E-state index is 13.5. The summed E-state index contributed by atoms with van der Waals surface area (Å²) in [6.45, 7) is 1.19. The molecule has 0 aromatic heterocycles. The molecule has 2 N–H and O–H groups in total. The first kappa shape index (κ1) is 18.9. The summed E-state index contributed by atoms with van der Waals surface area (Å²) in [6, 6.07) is 1.77. The van der Waals surface area contributed by atoms with Gasteiger partial charge in [-0.15, -0.1) is 5.10 Å². The van der Waals surface area contributed by atoms with Gasteiger partial charge in [0.1, 0.15) is 11.1 Å². The average Bonchev–Trinajstić information content (AvgIpc) is 2.80. The summed E-state index contributed by atoms with van der Waals surface area (Å²) in [5, 5.41) is 17.3. The Morgan fingerprint density at radius 1 is 1.44 bits per heavy atom. The highest BCUT2D eigenvalue weighted by Crippen LogP contribution is 2.33. The molecule has 1 heterocycles. The summed E-state index contributed by atoms with van der Waals surface area (Å²) < 4.78 is 51.8. The molecule has 6 nitrogen and oxygen atoms in total. The number of thioether (sulfide) groups is 1. The fourth-order valence-corrected chi connectivity index (χ4v) is 2.89. The predicted molar refractivity (Wildman–Crippen MR) is 82.9 cm³/mol. The van der Waals surface area contributed by atoms with Gasteiger partial charge in [-0.3, -0.25) is 9.59 Å². The zero-order valence-corrected chi connectivity index (χ0v) is 13.4. The number of halogens is 4. The van der Waals surface area contributed by atoms with Gasteiger partial charge in [-0.25, -0.2) is 4.39 Å². The lowest BCUT2D eigenvalue weighted by atomic mass is 10.1. The number of nitrogens with zero attached hydrogens (tertiary/aromatic N) is 2. The highest BCUT2D eigenvalue weighted by Gasteiger charge is 2.35. The van der Waals surface area contributed by atoms with E-state index in [1.165, 1.54) is 13.0 Å². The highest BCUT2D eigenvalue weighted by atomic mass is 32.2. The number of aliphatic carboxylic acids is 1. The van der Waals surface area contributed by atoms with Crippen LogP contribution in [0.5, 0.6) is 0 Å². The minimum Gasteiger partial charge on any atom is -0.481 e. The Bertz CT molecular complexity index is 777. The predicted octanol–water partition coefficient (Wildman–Crippen LogP) is 2.55. The molecule has 0 spiro atoms. The van der Waals surface area contributed by atoms with Crippen molar-refractivity contribution in [3.63, 3.8) is 0 Å². The van der Waals surface area contributed by atoms with Crippen LogP contribution in [-0.2, 0) is 15.8 Å². The first-order valence-corrected chi connectivity index (χ1v) is 7.63. The fraction of sp³-hybridized carbons (Fsp3) is 0.286. The molecule has 0 bridgehead atoms. The third-order valence-electron chi connectivity index (χ3n) is 3.07. The van der Waals surface area contributed by atoms with E-state index in [2.05, 4.69) is 15.5 Å². The molecule has 1 saturated heterocycles. The number of alkyl halides is 3. The van der Waals surface area contributed by atoms with Crippen molar-refractivity contribution >= 4 is 35.0 Å². The van der Waals surface area contributed by atoms with Gasteiger partial charge < -0.3 is 10.4 Å². The third-order valence-corrected chi connectivity index (χ3v) is 4.15. The lowest BCUT2D eigenvalue weighted by Gasteiger charge is -2.10. The molecule has 1 fully saturated rings. The molecule has 1 amide bonds. The van der Waals surface area contributed by atoms with E-state index in [1.807, 2.05) is 0 Å². The maximum Gasteiger partial charge on any atom is 0.419 e. The molecule has 1 aliphatic rings. The molecule has 1 unspecified atom stereocenters. The molecule has 1 aromatic carbocycles. The van der Waals surface area contributed by atoms with Crippen molar-refractivity contribution in [1.82, 2.24) is 5.32 Å². The Morgan fingerprint density at radius 3 is 2.72 bits per heavy atom. The summed E-state index contributed by atoms with van der Waals surface area (Å²) in [7, 11) is 0. The largest absolute Gasteiger partial charge is 0.481 e. The van der Waals surface area contributed by atoms with E-state index >= 15 is 0 Å². The number of amidine groups is 1. The molecule has 134 valence electrons. The quantitative estimate of drug-likeness (QED) is 0.479. The van der Waals surface area contributed by atoms with Crippen molar-refractivity contribution in [2.75, 3.05) is 0 Å². The van der Waals surface area contributed by atoms with Gasteiger partial charge >= 0.3 is 12.1 Å². The van der Waals surface area contributed by atoms with Gasteiger partial charge in [0.2, 0.25) is 5.91 Å². The number of hydrogen-bond donors (Lipinski definition) is 2. The smallest absolute Gasteiger partial charge is 0.419 e. The van der Waals surface area contributed by atoms with E-state index in [0.29, 0.717) is 6.07 Å². The second-order valence-electron chi connectivity index (χ2n) is 5.04. The van der Waals surface area contributed by atoms with Crippen LogP contribution in [0, 0.1) is 12.7 Å². The van der Waals surface area contributed by atoms with E-state index in [-0.39, 0.29) is 16.3 Å². The number of carbonyl (C=O) groups excluding carboxylic acids is 1. The van der Waals surface area contributed by atoms with Gasteiger partial charge in [0, 0.05) is 0 Å². The average molecular weight is 377 g/mol. The first-order valence-electron chi connectivity index (χ1n) is 6.75. The number of aryl methyl sites for hydroxylation is 1. The second kappa shape index (κ2) is 7.21. The zero-order valence-electron chi connectivity index (χ0n) is 12.6. The Labute approximate surface area is 143 Å². The third kappa shape index (κ3) is 4.78. The summed E-state index contributed by atoms with van der Waals surface area (Å²) in [5.41, 5.74) is -1.63. The van der Waals surface area contributed by atoms with Crippen LogP contribution in [-0.4, -0.2) is 33.6 Å². The fourth-order valence-electron chi connectivity index (χ4n) is 1.97. The standard InChI is InChI=1S/C14H11F4N3O3S/c1-6-2-7(3-8(11(6)15)14(16,17)18)5-19-21-13-20-12(24)9(25-13)4-10(22)23/h2-3,5,9H,4H2,1H3,(H,22,23)(H,20,21,24). The number of carboxylic acids is 1. The SMILES string of the molecule is Cc1cc(C=NN=C2NC(=O)C(CC(=O)O)S2)cc(C(F)(F)F)c1F. The van der Waals surface area contributed by atoms with Crippen molar-refractivity contribution in [3.05, 3.63) is 34.6 Å². The Morgan fingerprint density at radius 2 is 2.12 bits per heavy atom. The Kier molecular flexibility index (Phi) is 5.45. The van der Waals surface area contributed by atoms with Gasteiger partial charge in [-0.1, -0.05) is 11.8 Å². The van der Waals surface area contributed by atoms with E-state index < -0.39 is 41.1 Å². The monoisotopic (exact) mass is 377 g/mol. The van der Waals surface area contributed by atoms with Crippen LogP contribution in [0.25, 0.3) is 0 Å². The van der Waals surface area contributed by atoms with Gasteiger partial charge in [0.25, 0.3) is 0 Å². The molecule has 1 aliphatic heterocycles. The normalized spacial score (nSPS) is 19.6. The topological polar surface area (TPSA) is 91.1 Å². The highest BCUT2D eigenvalue weighted by molar-refractivity contribution is 8.15. The molecular formula is C14H11F4N3O3S. The minimum absolute atomic E-state index is 0.0213. The number of nitrogens with one attached hydrogen (secondary N) is 1. The van der Waals surface area contributed by atoms with Crippen molar-refractivity contribution < 1.29 is 32.3 Å². The van der Waals surface area contributed by atoms with Crippen molar-refractivity contribution in [3.8, 4) is 0 Å². The first-order chi connectivity index (χ1) is 11.6. The van der Waals surface area contributed by atoms with Crippen LogP contribution in [0.2, 0.25) is 0 Å². The minimum atomic E-state index is -4.84. The molecule has 2 rings (SSSR count). The van der Waals surface area contributed by atoms with Crippen LogP contribution in [0.4, 0.5) is 17.6 Å². The van der Waals surface area contributed by atoms with Crippen molar-refractivity contribution in [1.29, 1.82) is 0 Å². The van der Waals surface area contributed by atoms with Gasteiger partial charge in [-0.2, -0.15) is 18.3 Å². The second-order valence-corrected chi connectivity index (χ2v) is 6.23. The molecule has 1 aromatic rings. The Hall–Kier alpha value is -2.43. The van der Waals surface area contributed by atoms with Gasteiger partial charge in [0.15, 0.2) is 5.17 Å². The van der Waals surface area contributed by atoms with E-state index in [4.69, 9.17) is 5.11 Å². The van der Waals surface area contributed by atoms with E-state index in [1.54, 1.807) is 0 Å². The van der Waals surface area contributed by atoms with Crippen LogP contribution >= 0.6 is 11.8 Å². The van der Waals surface area contributed by atoms with Crippen molar-refractivity contribution in [2.45, 2.75) is 24.8 Å². The summed E-state index contributed by atoms with van der Waals surface area (Å²) in [5.74, 6) is -3.05. The number of hydrogen-bond acceptors (Lipinski definition) is 5. The summed E-state index contributed by atoms with van der Waals surface area (Å²) in [4.78, 5) is 22.1. The van der Waals surface area contributed by atoms with Gasteiger partial charge in [-0.05, 0) is 30.2 Å². The summed E-state index contributed by atoms with van der Waals surface area (Å²) in [6.07, 6.45) is -4.26. The van der Waals surface area contributed by atoms with Crippen LogP contribution in [0.1, 0.15) is 23.1 Å². The summed E-state index contributed by atoms with van der Waals surface area (Å²) >= 11 is 0.850. The maximum absolute atomic E-state index is 13.5. The number of carboxylic acid groups (broad SMARTS) is 1. The number of benzene rings is 1. The molecule has 0 aliphatic carbocycles. The number of rotatable bonds is 4. The Balaban J connectivity index is 2.17. The van der Waals surface area contributed by atoms with Crippen molar-refractivity contribution in [2.24, 2.45) is 10.2 Å². The van der Waals surface area contributed by atoms with Crippen LogP contribution in [0.15, 0.2) is 22.3 Å². The lowest BCUT2D eigenvalue weighted by molar-refractivity contribution is -0.140. The number of carbonyl (C=O) groups is 2. The molecular weight excluding hydrogens is 366 g/mol. The molecule has 11 heteroatoms. The molecule has 0 saturated carbocycles. The molecule has 1 atom stereocenters. The van der Waals surface area contributed by atoms with Gasteiger partial charge in [0.05, 0.1) is 18.2 Å². The zero-order chi connectivity index (χ0) is 18.8. The van der Waals surface area contributed by atoms with Crippen LogP contribution in [0.3, 0.4) is 0 Å². The lowest BCUT2D eigenvalue weighted by Crippen LogP contribution is -2.26. The molecule has 0 radical (unpaired) electrons. The molecule has 25 heavy (non-hydrogen) atoms. The van der Waals surface area contributed by atoms with Crippen LogP contribution < -0.4 is 5.32 Å². The van der Waals surface area contributed by atoms with E-state index in [9.17, 15) is 27.2 Å².